The molecule has 0 radical (unpaired) electrons. The van der Waals surface area contributed by atoms with Crippen molar-refractivity contribution in [3.63, 3.8) is 0 Å². The molecule has 1 aliphatic carbocycles. The Bertz CT molecular complexity index is 567. The molecule has 1 fully saturated rings. The molecule has 1 heterocycles. The minimum absolute atomic E-state index is 0.0232. The van der Waals surface area contributed by atoms with Crippen molar-refractivity contribution in [2.45, 2.75) is 64.8 Å². The Labute approximate surface area is 118 Å². The molecule has 1 aromatic rings. The first-order chi connectivity index (χ1) is 9.60. The van der Waals surface area contributed by atoms with Gasteiger partial charge in [-0.2, -0.15) is 0 Å². The van der Waals surface area contributed by atoms with E-state index in [1.54, 1.807) is 6.92 Å². The second-order valence-corrected chi connectivity index (χ2v) is 5.66. The fraction of sp³-hybridized carbons (Fsp3) is 0.733. The van der Waals surface area contributed by atoms with Crippen LogP contribution < -0.4 is 11.2 Å². The smallest absolute Gasteiger partial charge is 0.331 e. The molecule has 5 heteroatoms. The van der Waals surface area contributed by atoms with Gasteiger partial charge in [0, 0.05) is 6.04 Å². The molecule has 1 saturated carbocycles. The first-order valence-electron chi connectivity index (χ1n) is 7.66. The van der Waals surface area contributed by atoms with Crippen molar-refractivity contribution in [2.24, 2.45) is 5.92 Å². The zero-order valence-electron chi connectivity index (χ0n) is 12.3. The number of aromatic amines is 1. The van der Waals surface area contributed by atoms with E-state index in [4.69, 9.17) is 0 Å². The summed E-state index contributed by atoms with van der Waals surface area (Å²) in [5, 5.41) is 10.3. The highest BCUT2D eigenvalue weighted by atomic mass is 16.3. The van der Waals surface area contributed by atoms with Crippen molar-refractivity contribution in [2.75, 3.05) is 0 Å². The fourth-order valence-corrected chi connectivity index (χ4v) is 3.45. The van der Waals surface area contributed by atoms with Gasteiger partial charge in [0.2, 0.25) is 5.88 Å². The number of hydrogen-bond donors (Lipinski definition) is 2. The molecule has 1 aromatic heterocycles. The molecule has 2 N–H and O–H groups in total. The number of nitrogens with zero attached hydrogens (tertiary/aromatic N) is 1. The lowest BCUT2D eigenvalue weighted by Gasteiger charge is -2.31. The van der Waals surface area contributed by atoms with E-state index in [2.05, 4.69) is 4.98 Å². The Balaban J connectivity index is 2.48. The van der Waals surface area contributed by atoms with E-state index in [-0.39, 0.29) is 11.9 Å². The predicted molar refractivity (Wildman–Crippen MR) is 78.3 cm³/mol. The first kappa shape index (κ1) is 14.9. The summed E-state index contributed by atoms with van der Waals surface area (Å²) in [6, 6.07) is -0.0232. The van der Waals surface area contributed by atoms with E-state index in [9.17, 15) is 14.7 Å². The third-order valence-electron chi connectivity index (χ3n) is 4.51. The Kier molecular flexibility index (Phi) is 4.68. The van der Waals surface area contributed by atoms with Crippen molar-refractivity contribution in [3.05, 3.63) is 26.4 Å². The summed E-state index contributed by atoms with van der Waals surface area (Å²) in [5.74, 6) is 0.270. The lowest BCUT2D eigenvalue weighted by atomic mass is 9.82. The average molecular weight is 280 g/mol. The normalized spacial score (nSPS) is 18.1. The van der Waals surface area contributed by atoms with Gasteiger partial charge in [0.25, 0.3) is 5.56 Å². The first-order valence-corrected chi connectivity index (χ1v) is 7.66. The van der Waals surface area contributed by atoms with Gasteiger partial charge in [-0.1, -0.05) is 33.1 Å². The van der Waals surface area contributed by atoms with Gasteiger partial charge in [0.15, 0.2) is 0 Å². The molecule has 0 spiro atoms. The van der Waals surface area contributed by atoms with E-state index < -0.39 is 11.2 Å². The molecular formula is C15H24N2O3. The molecule has 1 aliphatic rings. The fourth-order valence-electron chi connectivity index (χ4n) is 3.45. The summed E-state index contributed by atoms with van der Waals surface area (Å²) in [6.45, 7) is 3.84. The minimum Gasteiger partial charge on any atom is -0.494 e. The average Bonchev–Trinajstić information content (AvgIpc) is 2.44. The summed E-state index contributed by atoms with van der Waals surface area (Å²) in [7, 11) is 0. The summed E-state index contributed by atoms with van der Waals surface area (Å²) < 4.78 is 1.41. The molecule has 0 aliphatic heterocycles. The van der Waals surface area contributed by atoms with Crippen LogP contribution in [0.15, 0.2) is 9.59 Å². The van der Waals surface area contributed by atoms with Crippen molar-refractivity contribution >= 4 is 0 Å². The molecule has 0 bridgehead atoms. The zero-order valence-corrected chi connectivity index (χ0v) is 12.3. The van der Waals surface area contributed by atoms with Crippen LogP contribution in [-0.4, -0.2) is 14.7 Å². The molecule has 0 amide bonds. The monoisotopic (exact) mass is 280 g/mol. The highest BCUT2D eigenvalue weighted by molar-refractivity contribution is 5.23. The largest absolute Gasteiger partial charge is 0.494 e. The second-order valence-electron chi connectivity index (χ2n) is 5.66. The van der Waals surface area contributed by atoms with E-state index >= 15 is 0 Å². The maximum absolute atomic E-state index is 12.1. The number of aromatic nitrogens is 2. The molecule has 20 heavy (non-hydrogen) atoms. The third-order valence-corrected chi connectivity index (χ3v) is 4.51. The Morgan fingerprint density at radius 1 is 1.25 bits per heavy atom. The van der Waals surface area contributed by atoms with E-state index in [1.165, 1.54) is 23.8 Å². The topological polar surface area (TPSA) is 75.1 Å². The quantitative estimate of drug-likeness (QED) is 0.889. The van der Waals surface area contributed by atoms with Crippen LogP contribution in [0.5, 0.6) is 5.88 Å². The predicted octanol–water partition coefficient (Wildman–Crippen LogP) is 2.34. The highest BCUT2D eigenvalue weighted by Crippen LogP contribution is 2.35. The summed E-state index contributed by atoms with van der Waals surface area (Å²) in [6.07, 6.45) is 6.99. The van der Waals surface area contributed by atoms with Crippen molar-refractivity contribution < 1.29 is 5.11 Å². The van der Waals surface area contributed by atoms with Crippen molar-refractivity contribution in [1.29, 1.82) is 0 Å². The Morgan fingerprint density at radius 3 is 2.45 bits per heavy atom. The summed E-state index contributed by atoms with van der Waals surface area (Å²) in [5.41, 5.74) is -0.647. The van der Waals surface area contributed by atoms with Gasteiger partial charge in [-0.3, -0.25) is 14.3 Å². The van der Waals surface area contributed by atoms with E-state index in [0.717, 1.165) is 19.3 Å². The van der Waals surface area contributed by atoms with Crippen LogP contribution in [0.1, 0.15) is 64.0 Å². The Hall–Kier alpha value is -1.52. The van der Waals surface area contributed by atoms with Crippen molar-refractivity contribution in [1.82, 2.24) is 9.55 Å². The number of aromatic hydroxyl groups is 1. The highest BCUT2D eigenvalue weighted by Gasteiger charge is 2.27. The lowest BCUT2D eigenvalue weighted by Crippen LogP contribution is -2.37. The standard InChI is InChI=1S/C15H24N2O3/c1-3-11-13(18)16-15(20)17(14(11)19)12(4-2)10-8-6-5-7-9-10/h10,12,19H,3-9H2,1-2H3,(H,16,18,20). The molecular weight excluding hydrogens is 256 g/mol. The lowest BCUT2D eigenvalue weighted by molar-refractivity contribution is 0.218. The van der Waals surface area contributed by atoms with Gasteiger partial charge in [0.1, 0.15) is 0 Å². The number of rotatable bonds is 4. The molecule has 112 valence electrons. The number of nitrogens with one attached hydrogen (secondary N) is 1. The van der Waals surface area contributed by atoms with Crippen LogP contribution in [0.3, 0.4) is 0 Å². The van der Waals surface area contributed by atoms with Crippen LogP contribution in [-0.2, 0) is 6.42 Å². The molecule has 0 saturated heterocycles. The maximum atomic E-state index is 12.1. The van der Waals surface area contributed by atoms with Gasteiger partial charge >= 0.3 is 5.69 Å². The zero-order chi connectivity index (χ0) is 14.7. The van der Waals surface area contributed by atoms with Crippen LogP contribution in [0.2, 0.25) is 0 Å². The van der Waals surface area contributed by atoms with Gasteiger partial charge in [-0.05, 0) is 31.6 Å². The van der Waals surface area contributed by atoms with Gasteiger partial charge in [-0.25, -0.2) is 4.79 Å². The van der Waals surface area contributed by atoms with E-state index in [1.807, 2.05) is 6.92 Å². The van der Waals surface area contributed by atoms with Crippen LogP contribution in [0, 0.1) is 5.92 Å². The third kappa shape index (κ3) is 2.67. The molecule has 1 atom stereocenters. The van der Waals surface area contributed by atoms with Crippen LogP contribution in [0.4, 0.5) is 0 Å². The molecule has 1 unspecified atom stereocenters. The van der Waals surface area contributed by atoms with E-state index in [0.29, 0.717) is 17.9 Å². The van der Waals surface area contributed by atoms with Crippen LogP contribution in [0.25, 0.3) is 0 Å². The second kappa shape index (κ2) is 6.29. The van der Waals surface area contributed by atoms with Gasteiger partial charge < -0.3 is 5.11 Å². The van der Waals surface area contributed by atoms with Gasteiger partial charge in [-0.15, -0.1) is 0 Å². The minimum atomic E-state index is -0.484. The SMILES string of the molecule is CCc1c(O)n(C(CC)C2CCCCC2)c(=O)[nH]c1=O. The van der Waals surface area contributed by atoms with Crippen LogP contribution >= 0.6 is 0 Å². The van der Waals surface area contributed by atoms with Crippen molar-refractivity contribution in [3.8, 4) is 5.88 Å². The molecule has 0 aromatic carbocycles. The number of hydrogen-bond acceptors (Lipinski definition) is 3. The summed E-state index contributed by atoms with van der Waals surface area (Å²) in [4.78, 5) is 26.2. The number of H-pyrrole nitrogens is 1. The van der Waals surface area contributed by atoms with Gasteiger partial charge in [0.05, 0.1) is 5.56 Å². The Morgan fingerprint density at radius 2 is 1.90 bits per heavy atom. The molecule has 2 rings (SSSR count). The summed E-state index contributed by atoms with van der Waals surface area (Å²) >= 11 is 0. The molecule has 5 nitrogen and oxygen atoms in total. The maximum Gasteiger partial charge on any atom is 0.331 e.